The monoisotopic (exact) mass is 289 g/mol. The summed E-state index contributed by atoms with van der Waals surface area (Å²) in [6, 6.07) is 5.17. The topological polar surface area (TPSA) is 69.8 Å². The molecule has 3 rings (SSSR count). The van der Waals surface area contributed by atoms with Gasteiger partial charge in [-0.15, -0.1) is 0 Å². The molecule has 1 amide bonds. The molecule has 1 aromatic rings. The molecule has 2 saturated heterocycles. The minimum atomic E-state index is -0.0601. The first-order valence-electron chi connectivity index (χ1n) is 7.64. The van der Waals surface area contributed by atoms with Crippen LogP contribution < -0.4 is 5.73 Å². The van der Waals surface area contributed by atoms with Crippen molar-refractivity contribution in [1.82, 2.24) is 9.80 Å². The predicted octanol–water partition coefficient (Wildman–Crippen LogP) is 1.53. The van der Waals surface area contributed by atoms with E-state index in [4.69, 9.17) is 5.73 Å². The zero-order chi connectivity index (χ0) is 15.0. The fourth-order valence-corrected chi connectivity index (χ4v) is 3.74. The summed E-state index contributed by atoms with van der Waals surface area (Å²) in [6.07, 6.45) is 3.41. The molecular weight excluding hydrogens is 266 g/mol. The Hall–Kier alpha value is -1.75. The highest BCUT2D eigenvalue weighted by atomic mass is 16.3. The molecule has 114 valence electrons. The zero-order valence-electron chi connectivity index (χ0n) is 12.5. The van der Waals surface area contributed by atoms with E-state index in [9.17, 15) is 9.90 Å². The van der Waals surface area contributed by atoms with Crippen LogP contribution in [0.5, 0.6) is 5.75 Å². The van der Waals surface area contributed by atoms with Gasteiger partial charge < -0.3 is 20.6 Å². The van der Waals surface area contributed by atoms with Gasteiger partial charge in [0.05, 0.1) is 5.56 Å². The molecule has 2 aliphatic rings. The second kappa shape index (κ2) is 5.56. The summed E-state index contributed by atoms with van der Waals surface area (Å²) >= 11 is 0. The second-order valence-corrected chi connectivity index (χ2v) is 6.26. The molecule has 0 spiro atoms. The normalized spacial score (nSPS) is 26.4. The Morgan fingerprint density at radius 3 is 2.95 bits per heavy atom. The number of likely N-dealkylation sites (tertiary alicyclic amines) is 2. The van der Waals surface area contributed by atoms with E-state index in [1.807, 2.05) is 4.90 Å². The number of aromatic hydroxyl groups is 1. The van der Waals surface area contributed by atoms with E-state index < -0.39 is 0 Å². The number of hydrogen-bond acceptors (Lipinski definition) is 4. The molecule has 2 atom stereocenters. The number of amides is 1. The fraction of sp³-hybridized carbons (Fsp3) is 0.562. The molecule has 1 aromatic carbocycles. The number of anilines is 1. The quantitative estimate of drug-likeness (QED) is 0.607. The molecule has 2 unspecified atom stereocenters. The number of nitrogens with zero attached hydrogens (tertiary/aromatic N) is 2. The Labute approximate surface area is 125 Å². The van der Waals surface area contributed by atoms with Crippen LogP contribution in [-0.4, -0.2) is 53.5 Å². The molecule has 2 aliphatic heterocycles. The van der Waals surface area contributed by atoms with Gasteiger partial charge in [0.1, 0.15) is 5.75 Å². The third-order valence-electron chi connectivity index (χ3n) is 4.90. The van der Waals surface area contributed by atoms with E-state index in [0.29, 0.717) is 23.2 Å². The van der Waals surface area contributed by atoms with Crippen molar-refractivity contribution in [3.05, 3.63) is 23.8 Å². The van der Waals surface area contributed by atoms with Crippen molar-refractivity contribution < 1.29 is 9.90 Å². The van der Waals surface area contributed by atoms with Crippen LogP contribution >= 0.6 is 0 Å². The van der Waals surface area contributed by atoms with E-state index in [1.54, 1.807) is 6.07 Å². The van der Waals surface area contributed by atoms with Crippen LogP contribution in [0, 0.1) is 5.92 Å². The average molecular weight is 289 g/mol. The lowest BCUT2D eigenvalue weighted by Crippen LogP contribution is -2.53. The summed E-state index contributed by atoms with van der Waals surface area (Å²) < 4.78 is 0. The lowest BCUT2D eigenvalue weighted by Gasteiger charge is -2.46. The number of piperidine rings is 2. The minimum Gasteiger partial charge on any atom is -0.508 e. The van der Waals surface area contributed by atoms with Gasteiger partial charge >= 0.3 is 0 Å². The highest BCUT2D eigenvalue weighted by molar-refractivity contribution is 5.99. The Bertz CT molecular complexity index is 546. The maximum Gasteiger partial charge on any atom is 0.256 e. The third kappa shape index (κ3) is 2.70. The van der Waals surface area contributed by atoms with Gasteiger partial charge in [-0.25, -0.2) is 0 Å². The van der Waals surface area contributed by atoms with E-state index in [2.05, 4.69) is 11.9 Å². The Kier molecular flexibility index (Phi) is 3.76. The number of phenolic OH excluding ortho intramolecular Hbond substituents is 1. The third-order valence-corrected chi connectivity index (χ3v) is 4.90. The molecule has 21 heavy (non-hydrogen) atoms. The molecular formula is C16H23N3O2. The van der Waals surface area contributed by atoms with Gasteiger partial charge in [0.25, 0.3) is 5.91 Å². The van der Waals surface area contributed by atoms with Crippen molar-refractivity contribution in [1.29, 1.82) is 0 Å². The first kappa shape index (κ1) is 14.2. The maximum absolute atomic E-state index is 12.7. The molecule has 0 aromatic heterocycles. The first-order valence-corrected chi connectivity index (χ1v) is 7.64. The van der Waals surface area contributed by atoms with Gasteiger partial charge in [-0.05, 0) is 57.0 Å². The Morgan fingerprint density at radius 1 is 1.33 bits per heavy atom. The standard InChI is InChI=1S/C16H23N3O2/c1-18-7-2-3-11-10-19(8-6-15(11)18)16(21)13-9-12(20)4-5-14(13)17/h4-5,9,11,15,20H,2-3,6-8,10,17H2,1H3. The fourth-order valence-electron chi connectivity index (χ4n) is 3.74. The van der Waals surface area contributed by atoms with Crippen LogP contribution in [0.15, 0.2) is 18.2 Å². The number of hydrogen-bond donors (Lipinski definition) is 2. The molecule has 3 N–H and O–H groups in total. The van der Waals surface area contributed by atoms with Gasteiger partial charge in [0, 0.05) is 24.8 Å². The van der Waals surface area contributed by atoms with Crippen molar-refractivity contribution in [2.45, 2.75) is 25.3 Å². The number of fused-ring (bicyclic) bond motifs is 1. The number of benzene rings is 1. The van der Waals surface area contributed by atoms with Gasteiger partial charge in [-0.2, -0.15) is 0 Å². The molecule has 0 aliphatic carbocycles. The van der Waals surface area contributed by atoms with E-state index >= 15 is 0 Å². The van der Waals surface area contributed by atoms with E-state index in [1.165, 1.54) is 25.0 Å². The van der Waals surface area contributed by atoms with Crippen molar-refractivity contribution in [2.75, 3.05) is 32.4 Å². The highest BCUT2D eigenvalue weighted by Gasteiger charge is 2.36. The lowest BCUT2D eigenvalue weighted by molar-refractivity contribution is 0.0317. The molecule has 0 saturated carbocycles. The van der Waals surface area contributed by atoms with Crippen LogP contribution in [0.4, 0.5) is 5.69 Å². The van der Waals surface area contributed by atoms with Crippen LogP contribution in [0.1, 0.15) is 29.6 Å². The molecule has 2 fully saturated rings. The minimum absolute atomic E-state index is 0.0601. The van der Waals surface area contributed by atoms with Gasteiger partial charge in [-0.1, -0.05) is 0 Å². The van der Waals surface area contributed by atoms with Crippen LogP contribution in [0.2, 0.25) is 0 Å². The van der Waals surface area contributed by atoms with Gasteiger partial charge in [0.15, 0.2) is 0 Å². The number of nitrogens with two attached hydrogens (primary N) is 1. The highest BCUT2D eigenvalue weighted by Crippen LogP contribution is 2.31. The zero-order valence-corrected chi connectivity index (χ0v) is 12.5. The Balaban J connectivity index is 1.76. The lowest BCUT2D eigenvalue weighted by atomic mass is 9.84. The molecule has 0 radical (unpaired) electrons. The Morgan fingerprint density at radius 2 is 2.14 bits per heavy atom. The van der Waals surface area contributed by atoms with Crippen molar-refractivity contribution >= 4 is 11.6 Å². The van der Waals surface area contributed by atoms with Crippen LogP contribution in [-0.2, 0) is 0 Å². The number of carbonyl (C=O) groups excluding carboxylic acids is 1. The van der Waals surface area contributed by atoms with Crippen LogP contribution in [0.25, 0.3) is 0 Å². The van der Waals surface area contributed by atoms with E-state index in [0.717, 1.165) is 26.1 Å². The number of carbonyl (C=O) groups is 1. The van der Waals surface area contributed by atoms with Crippen molar-refractivity contribution in [3.8, 4) is 5.75 Å². The average Bonchev–Trinajstić information content (AvgIpc) is 2.49. The van der Waals surface area contributed by atoms with E-state index in [-0.39, 0.29) is 11.7 Å². The second-order valence-electron chi connectivity index (χ2n) is 6.26. The summed E-state index contributed by atoms with van der Waals surface area (Å²) in [5.74, 6) is 0.579. The molecule has 0 bridgehead atoms. The van der Waals surface area contributed by atoms with Gasteiger partial charge in [-0.3, -0.25) is 4.79 Å². The number of rotatable bonds is 1. The van der Waals surface area contributed by atoms with Gasteiger partial charge in [0.2, 0.25) is 0 Å². The largest absolute Gasteiger partial charge is 0.508 e. The summed E-state index contributed by atoms with van der Waals surface area (Å²) in [5, 5.41) is 9.57. The summed E-state index contributed by atoms with van der Waals surface area (Å²) in [7, 11) is 2.18. The smallest absolute Gasteiger partial charge is 0.256 e. The van der Waals surface area contributed by atoms with Crippen molar-refractivity contribution in [3.63, 3.8) is 0 Å². The summed E-state index contributed by atoms with van der Waals surface area (Å²) in [4.78, 5) is 17.0. The number of nitrogen functional groups attached to an aromatic ring is 1. The summed E-state index contributed by atoms with van der Waals surface area (Å²) in [6.45, 7) is 2.72. The SMILES string of the molecule is CN1CCCC2CN(C(=O)c3cc(O)ccc3N)CCC21. The molecule has 2 heterocycles. The molecule has 5 heteroatoms. The van der Waals surface area contributed by atoms with Crippen molar-refractivity contribution in [2.24, 2.45) is 5.92 Å². The first-order chi connectivity index (χ1) is 10.1. The number of phenols is 1. The predicted molar refractivity (Wildman–Crippen MR) is 82.2 cm³/mol. The summed E-state index contributed by atoms with van der Waals surface area (Å²) in [5.41, 5.74) is 6.73. The maximum atomic E-state index is 12.7. The van der Waals surface area contributed by atoms with Crippen LogP contribution in [0.3, 0.4) is 0 Å². The molecule has 5 nitrogen and oxygen atoms in total.